The molecule has 2 atom stereocenters. The van der Waals surface area contributed by atoms with Crippen molar-refractivity contribution in [2.45, 2.75) is 20.3 Å². The Morgan fingerprint density at radius 1 is 1.38 bits per heavy atom. The fraction of sp³-hybridized carbons (Fsp3) is 0.714. The van der Waals surface area contributed by atoms with Crippen LogP contribution in [0, 0.1) is 17.8 Å². The van der Waals surface area contributed by atoms with E-state index in [1.54, 1.807) is 11.3 Å². The van der Waals surface area contributed by atoms with Crippen molar-refractivity contribution in [3.63, 3.8) is 0 Å². The highest BCUT2D eigenvalue weighted by Crippen LogP contribution is 2.27. The van der Waals surface area contributed by atoms with E-state index < -0.39 is 0 Å². The molecule has 7 heteroatoms. The molecule has 21 heavy (non-hydrogen) atoms. The minimum Gasteiger partial charge on any atom is -0.337 e. The van der Waals surface area contributed by atoms with E-state index >= 15 is 0 Å². The van der Waals surface area contributed by atoms with Crippen LogP contribution in [-0.2, 0) is 6.42 Å². The molecule has 0 radical (unpaired) electrons. The number of nitrogens with zero attached hydrogens (tertiary/aromatic N) is 2. The summed E-state index contributed by atoms with van der Waals surface area (Å²) in [6.45, 7) is 8.27. The average Bonchev–Trinajstić information content (AvgIpc) is 2.99. The maximum Gasteiger partial charge on any atom is 0.273 e. The van der Waals surface area contributed by atoms with Crippen LogP contribution < -0.4 is 5.32 Å². The van der Waals surface area contributed by atoms with E-state index in [4.69, 9.17) is 0 Å². The third-order valence-electron chi connectivity index (χ3n) is 4.03. The molecule has 120 valence electrons. The molecule has 1 amide bonds. The highest BCUT2D eigenvalue weighted by molar-refractivity contribution is 7.09. The Kier molecular flexibility index (Phi) is 6.91. The molecule has 0 unspecified atom stereocenters. The Balaban J connectivity index is 0.00000110. The summed E-state index contributed by atoms with van der Waals surface area (Å²) in [5.74, 6) is 2.02. The Labute approximate surface area is 142 Å². The van der Waals surface area contributed by atoms with E-state index in [0.717, 1.165) is 37.6 Å². The van der Waals surface area contributed by atoms with Gasteiger partial charge >= 0.3 is 0 Å². The number of carbonyl (C=O) groups excluding carboxylic acids is 1. The van der Waals surface area contributed by atoms with Gasteiger partial charge in [0.05, 0.1) is 5.01 Å². The lowest BCUT2D eigenvalue weighted by Crippen LogP contribution is -2.32. The van der Waals surface area contributed by atoms with Crippen LogP contribution in [0.4, 0.5) is 0 Å². The number of carbonyl (C=O) groups is 1. The first-order chi connectivity index (χ1) is 9.13. The molecule has 0 aromatic carbocycles. The number of nitrogens with one attached hydrogen (secondary N) is 1. The second-order valence-electron chi connectivity index (χ2n) is 6.11. The zero-order valence-corrected chi connectivity index (χ0v) is 14.8. The number of hydrogen-bond donors (Lipinski definition) is 1. The van der Waals surface area contributed by atoms with Gasteiger partial charge in [-0.15, -0.1) is 36.2 Å². The quantitative estimate of drug-likeness (QED) is 0.909. The lowest BCUT2D eigenvalue weighted by Gasteiger charge is -2.15. The smallest absolute Gasteiger partial charge is 0.273 e. The third kappa shape index (κ3) is 4.09. The largest absolute Gasteiger partial charge is 0.337 e. The monoisotopic (exact) mass is 351 g/mol. The maximum atomic E-state index is 12.4. The minimum absolute atomic E-state index is 0. The Bertz CT molecular complexity index is 469. The highest BCUT2D eigenvalue weighted by Gasteiger charge is 2.38. The van der Waals surface area contributed by atoms with Crippen molar-refractivity contribution < 1.29 is 4.79 Å². The van der Waals surface area contributed by atoms with Gasteiger partial charge in [0.25, 0.3) is 5.91 Å². The summed E-state index contributed by atoms with van der Waals surface area (Å²) in [5.41, 5.74) is 0.647. The standard InChI is InChI=1S/C14H21N3OS.2ClH/c1-9(2)3-13-16-12(8-19-13)14(18)17-6-10-4-15-5-11(10)7-17;;/h8-11,15H,3-7H2,1-2H3;2*1H/t10-,11+;;. The number of hydrogen-bond acceptors (Lipinski definition) is 4. The Morgan fingerprint density at radius 2 is 2.00 bits per heavy atom. The van der Waals surface area contributed by atoms with E-state index in [-0.39, 0.29) is 30.7 Å². The second kappa shape index (κ2) is 7.77. The number of aromatic nitrogens is 1. The van der Waals surface area contributed by atoms with Crippen LogP contribution in [0.5, 0.6) is 0 Å². The molecule has 0 saturated carbocycles. The summed E-state index contributed by atoms with van der Waals surface area (Å²) in [6.07, 6.45) is 0.965. The molecule has 1 aromatic heterocycles. The molecule has 1 aromatic rings. The van der Waals surface area contributed by atoms with Gasteiger partial charge in [-0.3, -0.25) is 4.79 Å². The normalized spacial score (nSPS) is 23.7. The first-order valence-electron chi connectivity index (χ1n) is 7.08. The fourth-order valence-corrected chi connectivity index (χ4v) is 4.02. The molecule has 0 bridgehead atoms. The van der Waals surface area contributed by atoms with Gasteiger partial charge in [0, 0.05) is 38.0 Å². The molecule has 2 saturated heterocycles. The van der Waals surface area contributed by atoms with E-state index in [1.807, 2.05) is 10.3 Å². The van der Waals surface area contributed by atoms with Crippen molar-refractivity contribution >= 4 is 42.1 Å². The Morgan fingerprint density at radius 3 is 2.57 bits per heavy atom. The summed E-state index contributed by atoms with van der Waals surface area (Å²) in [4.78, 5) is 18.9. The van der Waals surface area contributed by atoms with Crippen molar-refractivity contribution in [2.75, 3.05) is 26.2 Å². The van der Waals surface area contributed by atoms with Gasteiger partial charge in [-0.1, -0.05) is 13.8 Å². The SMILES string of the molecule is CC(C)Cc1nc(C(=O)N2C[C@H]3CNC[C@H]3C2)cs1.Cl.Cl. The molecule has 0 aliphatic carbocycles. The van der Waals surface area contributed by atoms with Gasteiger partial charge < -0.3 is 10.2 Å². The van der Waals surface area contributed by atoms with E-state index in [9.17, 15) is 4.79 Å². The van der Waals surface area contributed by atoms with Gasteiger partial charge in [-0.25, -0.2) is 4.98 Å². The summed E-state index contributed by atoms with van der Waals surface area (Å²) < 4.78 is 0. The molecule has 4 nitrogen and oxygen atoms in total. The van der Waals surface area contributed by atoms with Crippen molar-refractivity contribution in [3.05, 3.63) is 16.1 Å². The molecule has 0 spiro atoms. The lowest BCUT2D eigenvalue weighted by atomic mass is 10.0. The third-order valence-corrected chi connectivity index (χ3v) is 4.90. The van der Waals surface area contributed by atoms with Gasteiger partial charge in [-0.2, -0.15) is 0 Å². The van der Waals surface area contributed by atoms with Crippen LogP contribution in [0.2, 0.25) is 0 Å². The maximum absolute atomic E-state index is 12.4. The minimum atomic E-state index is 0. The van der Waals surface area contributed by atoms with Gasteiger partial charge in [0.2, 0.25) is 0 Å². The topological polar surface area (TPSA) is 45.2 Å². The fourth-order valence-electron chi connectivity index (χ4n) is 3.04. The number of rotatable bonds is 3. The summed E-state index contributed by atoms with van der Waals surface area (Å²) in [6, 6.07) is 0. The molecule has 2 aliphatic heterocycles. The highest BCUT2D eigenvalue weighted by atomic mass is 35.5. The molecule has 3 heterocycles. The predicted molar refractivity (Wildman–Crippen MR) is 90.9 cm³/mol. The average molecular weight is 352 g/mol. The summed E-state index contributed by atoms with van der Waals surface area (Å²) >= 11 is 1.62. The van der Waals surface area contributed by atoms with Crippen molar-refractivity contribution in [2.24, 2.45) is 17.8 Å². The van der Waals surface area contributed by atoms with Gasteiger partial charge in [0.1, 0.15) is 5.69 Å². The second-order valence-corrected chi connectivity index (χ2v) is 7.06. The summed E-state index contributed by atoms with van der Waals surface area (Å²) in [5, 5.41) is 6.40. The number of likely N-dealkylation sites (tertiary alicyclic amines) is 1. The number of halogens is 2. The molecule has 3 rings (SSSR count). The Hall–Kier alpha value is -0.360. The van der Waals surface area contributed by atoms with E-state index in [2.05, 4.69) is 24.1 Å². The van der Waals surface area contributed by atoms with Crippen LogP contribution in [0.15, 0.2) is 5.38 Å². The predicted octanol–water partition coefficient (Wildman–Crippen LogP) is 2.48. The van der Waals surface area contributed by atoms with E-state index in [0.29, 0.717) is 23.4 Å². The van der Waals surface area contributed by atoms with Crippen LogP contribution in [0.1, 0.15) is 29.3 Å². The van der Waals surface area contributed by atoms with E-state index in [1.165, 1.54) is 0 Å². The molecule has 1 N–H and O–H groups in total. The summed E-state index contributed by atoms with van der Waals surface area (Å²) in [7, 11) is 0. The molecular formula is C14H23Cl2N3OS. The first-order valence-corrected chi connectivity index (χ1v) is 7.96. The molecule has 2 aliphatic rings. The number of fused-ring (bicyclic) bond motifs is 1. The van der Waals surface area contributed by atoms with Crippen LogP contribution in [0.3, 0.4) is 0 Å². The van der Waals surface area contributed by atoms with Gasteiger partial charge in [-0.05, 0) is 17.8 Å². The number of amides is 1. The van der Waals surface area contributed by atoms with Gasteiger partial charge in [0.15, 0.2) is 0 Å². The lowest BCUT2D eigenvalue weighted by molar-refractivity contribution is 0.0776. The van der Waals surface area contributed by atoms with Crippen LogP contribution >= 0.6 is 36.2 Å². The van der Waals surface area contributed by atoms with Crippen LogP contribution in [0.25, 0.3) is 0 Å². The zero-order valence-electron chi connectivity index (χ0n) is 12.4. The zero-order chi connectivity index (χ0) is 13.4. The van der Waals surface area contributed by atoms with Crippen molar-refractivity contribution in [1.82, 2.24) is 15.2 Å². The molecule has 2 fully saturated rings. The number of thiazole rings is 1. The van der Waals surface area contributed by atoms with Crippen LogP contribution in [-0.4, -0.2) is 42.0 Å². The van der Waals surface area contributed by atoms with Crippen molar-refractivity contribution in [1.29, 1.82) is 0 Å². The molecular weight excluding hydrogens is 329 g/mol. The first kappa shape index (κ1) is 18.7. The van der Waals surface area contributed by atoms with Crippen molar-refractivity contribution in [3.8, 4) is 0 Å².